The van der Waals surface area contributed by atoms with Crippen LogP contribution < -0.4 is 4.74 Å². The van der Waals surface area contributed by atoms with Gasteiger partial charge in [0.1, 0.15) is 17.4 Å². The Kier molecular flexibility index (Phi) is 7.49. The molecule has 7 nitrogen and oxygen atoms in total. The number of nitrogens with zero attached hydrogens (tertiary/aromatic N) is 2. The first-order valence-electron chi connectivity index (χ1n) is 11.3. The molecule has 0 aromatic heterocycles. The zero-order valence-electron chi connectivity index (χ0n) is 18.8. The van der Waals surface area contributed by atoms with E-state index in [1.807, 2.05) is 18.2 Å². The van der Waals surface area contributed by atoms with Crippen molar-refractivity contribution in [1.82, 2.24) is 9.21 Å². The van der Waals surface area contributed by atoms with Crippen molar-refractivity contribution in [3.8, 4) is 5.75 Å². The van der Waals surface area contributed by atoms with E-state index in [9.17, 15) is 22.0 Å². The van der Waals surface area contributed by atoms with Gasteiger partial charge in [-0.25, -0.2) is 17.2 Å². The third-order valence-corrected chi connectivity index (χ3v) is 8.22. The number of para-hydroxylation sites is 1. The largest absolute Gasteiger partial charge is 0.493 e. The van der Waals surface area contributed by atoms with Gasteiger partial charge in [0, 0.05) is 38.0 Å². The van der Waals surface area contributed by atoms with E-state index < -0.39 is 32.0 Å². The van der Waals surface area contributed by atoms with Gasteiger partial charge in [0.2, 0.25) is 15.9 Å². The Morgan fingerprint density at radius 2 is 1.68 bits per heavy atom. The molecule has 184 valence electrons. The van der Waals surface area contributed by atoms with Gasteiger partial charge < -0.3 is 14.4 Å². The molecule has 0 radical (unpaired) electrons. The van der Waals surface area contributed by atoms with Crippen LogP contribution in [0.1, 0.15) is 19.3 Å². The Balaban J connectivity index is 1.61. The lowest BCUT2D eigenvalue weighted by atomic mass is 9.78. The van der Waals surface area contributed by atoms with Crippen molar-refractivity contribution < 1.29 is 31.5 Å². The number of hydrogen-bond donors (Lipinski definition) is 0. The monoisotopic (exact) mass is 494 g/mol. The number of carbonyl (C=O) groups is 1. The summed E-state index contributed by atoms with van der Waals surface area (Å²) in [7, 11) is -4.46. The molecule has 1 atom stereocenters. The predicted molar refractivity (Wildman–Crippen MR) is 121 cm³/mol. The van der Waals surface area contributed by atoms with Gasteiger partial charge in [-0.15, -0.1) is 0 Å². The van der Waals surface area contributed by atoms with Gasteiger partial charge >= 0.3 is 0 Å². The molecule has 1 amide bonds. The molecule has 2 aliphatic rings. The maximum absolute atomic E-state index is 14.4. The molecule has 2 saturated heterocycles. The number of hydrogen-bond acceptors (Lipinski definition) is 5. The SMILES string of the molecule is O=C(C[C@]1(COc2ccccc2)CCCN(S(=O)(=O)c2c(F)cccc2F)C1)N1CCOCC1. The topological polar surface area (TPSA) is 76.2 Å². The fourth-order valence-corrected chi connectivity index (χ4v) is 6.24. The molecule has 0 N–H and O–H groups in total. The molecule has 2 aliphatic heterocycles. The minimum atomic E-state index is -4.46. The van der Waals surface area contributed by atoms with E-state index >= 15 is 0 Å². The second-order valence-electron chi connectivity index (χ2n) is 8.76. The minimum Gasteiger partial charge on any atom is -0.493 e. The van der Waals surface area contributed by atoms with Crippen molar-refractivity contribution in [3.63, 3.8) is 0 Å². The molecule has 0 aliphatic carbocycles. The van der Waals surface area contributed by atoms with Crippen molar-refractivity contribution in [2.75, 3.05) is 46.0 Å². The summed E-state index contributed by atoms with van der Waals surface area (Å²) in [5.41, 5.74) is -0.849. The van der Waals surface area contributed by atoms with Crippen molar-refractivity contribution >= 4 is 15.9 Å². The van der Waals surface area contributed by atoms with E-state index in [4.69, 9.17) is 9.47 Å². The summed E-state index contributed by atoms with van der Waals surface area (Å²) in [5, 5.41) is 0. The first-order valence-corrected chi connectivity index (χ1v) is 12.7. The molecule has 0 unspecified atom stereocenters. The molecule has 4 rings (SSSR count). The smallest absolute Gasteiger partial charge is 0.248 e. The fraction of sp³-hybridized carbons (Fsp3) is 0.458. The molecular formula is C24H28F2N2O5S. The summed E-state index contributed by atoms with van der Waals surface area (Å²) < 4.78 is 67.7. The van der Waals surface area contributed by atoms with E-state index in [0.29, 0.717) is 44.9 Å². The maximum Gasteiger partial charge on any atom is 0.248 e. The normalized spacial score (nSPS) is 21.9. The van der Waals surface area contributed by atoms with Crippen molar-refractivity contribution in [2.45, 2.75) is 24.2 Å². The summed E-state index contributed by atoms with van der Waals surface area (Å²) in [6.45, 7) is 1.96. The average Bonchev–Trinajstić information content (AvgIpc) is 2.84. The molecule has 0 spiro atoms. The lowest BCUT2D eigenvalue weighted by Gasteiger charge is -2.42. The number of ether oxygens (including phenoxy) is 2. The van der Waals surface area contributed by atoms with E-state index in [-0.39, 0.29) is 32.0 Å². The van der Waals surface area contributed by atoms with Crippen LogP contribution in [0.15, 0.2) is 53.4 Å². The summed E-state index contributed by atoms with van der Waals surface area (Å²) in [6, 6.07) is 12.0. The highest BCUT2D eigenvalue weighted by Gasteiger charge is 2.44. The molecule has 10 heteroatoms. The number of carbonyl (C=O) groups excluding carboxylic acids is 1. The number of rotatable bonds is 7. The Morgan fingerprint density at radius 3 is 2.35 bits per heavy atom. The number of sulfonamides is 1. The summed E-state index contributed by atoms with van der Waals surface area (Å²) in [5.74, 6) is -1.79. The molecule has 34 heavy (non-hydrogen) atoms. The van der Waals surface area contributed by atoms with E-state index in [2.05, 4.69) is 0 Å². The molecule has 2 aromatic carbocycles. The molecule has 0 bridgehead atoms. The van der Waals surface area contributed by atoms with Crippen LogP contribution in [0.25, 0.3) is 0 Å². The number of halogens is 2. The van der Waals surface area contributed by atoms with Crippen LogP contribution in [-0.2, 0) is 19.6 Å². The summed E-state index contributed by atoms with van der Waals surface area (Å²) in [4.78, 5) is 13.9. The van der Waals surface area contributed by atoms with E-state index in [0.717, 1.165) is 22.5 Å². The molecule has 0 saturated carbocycles. The first-order chi connectivity index (χ1) is 16.3. The van der Waals surface area contributed by atoms with Crippen molar-refractivity contribution in [1.29, 1.82) is 0 Å². The number of benzene rings is 2. The fourth-order valence-electron chi connectivity index (χ4n) is 4.54. The van der Waals surface area contributed by atoms with Gasteiger partial charge in [-0.1, -0.05) is 24.3 Å². The van der Waals surface area contributed by atoms with Crippen LogP contribution in [0.3, 0.4) is 0 Å². The quantitative estimate of drug-likeness (QED) is 0.592. The number of piperidine rings is 1. The predicted octanol–water partition coefficient (Wildman–Crippen LogP) is 3.06. The molecule has 2 heterocycles. The summed E-state index contributed by atoms with van der Waals surface area (Å²) in [6.07, 6.45) is 1.04. The third-order valence-electron chi connectivity index (χ3n) is 6.32. The van der Waals surface area contributed by atoms with Gasteiger partial charge in [-0.3, -0.25) is 4.79 Å². The first kappa shape index (κ1) is 24.6. The molecule has 2 fully saturated rings. The van der Waals surface area contributed by atoms with Gasteiger partial charge in [-0.05, 0) is 37.1 Å². The third kappa shape index (κ3) is 5.39. The highest BCUT2D eigenvalue weighted by molar-refractivity contribution is 7.89. The maximum atomic E-state index is 14.4. The van der Waals surface area contributed by atoms with Gasteiger partial charge in [0.15, 0.2) is 4.90 Å². The van der Waals surface area contributed by atoms with Crippen LogP contribution in [0, 0.1) is 17.0 Å². The second-order valence-corrected chi connectivity index (χ2v) is 10.6. The van der Waals surface area contributed by atoms with Crippen LogP contribution in [-0.4, -0.2) is 69.5 Å². The van der Waals surface area contributed by atoms with E-state index in [1.165, 1.54) is 0 Å². The standard InChI is InChI=1S/C24H28F2N2O5S/c25-20-8-4-9-21(26)23(20)34(30,31)28-11-5-10-24(17-28,18-33-19-6-2-1-3-7-19)16-22(29)27-12-14-32-15-13-27/h1-4,6-9H,5,10-18H2/t24-/m1/s1. The number of morpholine rings is 1. The highest BCUT2D eigenvalue weighted by atomic mass is 32.2. The van der Waals surface area contributed by atoms with Gasteiger partial charge in [0.25, 0.3) is 0 Å². The zero-order valence-corrected chi connectivity index (χ0v) is 19.6. The van der Waals surface area contributed by atoms with Crippen LogP contribution in [0.5, 0.6) is 5.75 Å². The summed E-state index contributed by atoms with van der Waals surface area (Å²) >= 11 is 0. The molecular weight excluding hydrogens is 466 g/mol. The second kappa shape index (κ2) is 10.4. The Hall–Kier alpha value is -2.56. The van der Waals surface area contributed by atoms with Crippen LogP contribution >= 0.6 is 0 Å². The highest BCUT2D eigenvalue weighted by Crippen LogP contribution is 2.38. The average molecular weight is 495 g/mol. The van der Waals surface area contributed by atoms with Gasteiger partial charge in [0.05, 0.1) is 19.8 Å². The van der Waals surface area contributed by atoms with Crippen LogP contribution in [0.4, 0.5) is 8.78 Å². The zero-order chi connectivity index (χ0) is 24.2. The Labute approximate surface area is 198 Å². The van der Waals surface area contributed by atoms with Crippen molar-refractivity contribution in [2.24, 2.45) is 5.41 Å². The van der Waals surface area contributed by atoms with Crippen molar-refractivity contribution in [3.05, 3.63) is 60.2 Å². The molecule has 2 aromatic rings. The Bertz CT molecular complexity index is 1090. The minimum absolute atomic E-state index is 0.0611. The van der Waals surface area contributed by atoms with Gasteiger partial charge in [-0.2, -0.15) is 4.31 Å². The lowest BCUT2D eigenvalue weighted by molar-refractivity contribution is -0.139. The van der Waals surface area contributed by atoms with Crippen LogP contribution in [0.2, 0.25) is 0 Å². The Morgan fingerprint density at radius 1 is 1.00 bits per heavy atom. The van der Waals surface area contributed by atoms with E-state index in [1.54, 1.807) is 17.0 Å². The number of amides is 1. The lowest BCUT2D eigenvalue weighted by Crippen LogP contribution is -2.52.